The van der Waals surface area contributed by atoms with Gasteiger partial charge in [0, 0.05) is 49.4 Å². The Labute approximate surface area is 227 Å². The largest absolute Gasteiger partial charge is 0.368 e. The average molecular weight is 545 g/mol. The molecule has 0 spiro atoms. The maximum atomic E-state index is 12.7. The molecule has 3 aromatic carbocycles. The van der Waals surface area contributed by atoms with E-state index in [0.717, 1.165) is 62.4 Å². The minimum atomic E-state index is -0.136. The molecule has 36 heavy (non-hydrogen) atoms. The molecule has 1 heterocycles. The Morgan fingerprint density at radius 3 is 2.33 bits per heavy atom. The molecule has 2 aliphatic rings. The molecule has 1 saturated heterocycles. The molecular formula is C28H28Cl3N3O2. The van der Waals surface area contributed by atoms with E-state index in [1.54, 1.807) is 12.1 Å². The van der Waals surface area contributed by atoms with Crippen LogP contribution in [-0.2, 0) is 0 Å². The fourth-order valence-corrected chi connectivity index (χ4v) is 5.30. The topological polar surface area (TPSA) is 52.7 Å². The Hall–Kier alpha value is -2.57. The van der Waals surface area contributed by atoms with Crippen LogP contribution in [0, 0.1) is 0 Å². The van der Waals surface area contributed by atoms with Crippen LogP contribution in [-0.4, -0.2) is 55.9 Å². The Kier molecular flexibility index (Phi) is 8.58. The highest BCUT2D eigenvalue weighted by molar-refractivity contribution is 6.43. The zero-order chi connectivity index (χ0) is 24.4. The zero-order valence-corrected chi connectivity index (χ0v) is 22.1. The first-order valence-electron chi connectivity index (χ1n) is 12.0. The molecule has 0 radical (unpaired) electrons. The van der Waals surface area contributed by atoms with E-state index in [1.165, 1.54) is 0 Å². The van der Waals surface area contributed by atoms with Crippen LogP contribution in [0.2, 0.25) is 10.0 Å². The van der Waals surface area contributed by atoms with E-state index in [0.29, 0.717) is 33.3 Å². The van der Waals surface area contributed by atoms with E-state index >= 15 is 0 Å². The van der Waals surface area contributed by atoms with Crippen LogP contribution >= 0.6 is 35.6 Å². The van der Waals surface area contributed by atoms with Crippen LogP contribution in [0.4, 0.5) is 5.69 Å². The molecule has 0 bridgehead atoms. The lowest BCUT2D eigenvalue weighted by molar-refractivity contribution is 0.0952. The number of ketones is 1. The van der Waals surface area contributed by atoms with Gasteiger partial charge in [-0.3, -0.25) is 14.5 Å². The van der Waals surface area contributed by atoms with Gasteiger partial charge in [-0.1, -0.05) is 59.6 Å². The van der Waals surface area contributed by atoms with Crippen molar-refractivity contribution >= 4 is 53.0 Å². The first-order chi connectivity index (χ1) is 17.0. The lowest BCUT2D eigenvalue weighted by atomic mass is 10.0. The maximum Gasteiger partial charge on any atom is 0.251 e. The number of anilines is 1. The second kappa shape index (κ2) is 11.7. The molecule has 1 aliphatic carbocycles. The molecule has 0 atom stereocenters. The fourth-order valence-electron chi connectivity index (χ4n) is 4.88. The molecule has 1 N–H and O–H groups in total. The molecule has 5 nitrogen and oxygen atoms in total. The lowest BCUT2D eigenvalue weighted by Gasteiger charge is -2.36. The van der Waals surface area contributed by atoms with Crippen molar-refractivity contribution < 1.29 is 9.59 Å². The number of nitrogens with one attached hydrogen (secondary N) is 1. The van der Waals surface area contributed by atoms with Gasteiger partial charge in [0.05, 0.1) is 15.7 Å². The summed E-state index contributed by atoms with van der Waals surface area (Å²) in [5, 5.41) is 4.21. The summed E-state index contributed by atoms with van der Waals surface area (Å²) in [5.74, 6) is -0.147. The van der Waals surface area contributed by atoms with Crippen molar-refractivity contribution in [3.63, 3.8) is 0 Å². The normalized spacial score (nSPS) is 14.7. The van der Waals surface area contributed by atoms with Crippen molar-refractivity contribution in [1.29, 1.82) is 0 Å². The first kappa shape index (κ1) is 26.5. The summed E-state index contributed by atoms with van der Waals surface area (Å²) < 4.78 is 0. The zero-order valence-electron chi connectivity index (χ0n) is 19.8. The van der Waals surface area contributed by atoms with Gasteiger partial charge >= 0.3 is 0 Å². The number of nitrogens with zero attached hydrogens (tertiary/aromatic N) is 2. The second-order valence-electron chi connectivity index (χ2n) is 9.00. The van der Waals surface area contributed by atoms with Gasteiger partial charge in [0.15, 0.2) is 5.78 Å². The van der Waals surface area contributed by atoms with Crippen LogP contribution < -0.4 is 10.2 Å². The number of carbonyl (C=O) groups excluding carboxylic acids is 2. The summed E-state index contributed by atoms with van der Waals surface area (Å²) in [6.45, 7) is 5.39. The quantitative estimate of drug-likeness (QED) is 0.292. The average Bonchev–Trinajstić information content (AvgIpc) is 3.17. The number of benzene rings is 3. The molecule has 1 aliphatic heterocycles. The molecule has 0 unspecified atom stereocenters. The summed E-state index contributed by atoms with van der Waals surface area (Å²) in [4.78, 5) is 30.1. The maximum absolute atomic E-state index is 12.7. The van der Waals surface area contributed by atoms with E-state index in [9.17, 15) is 9.59 Å². The highest BCUT2D eigenvalue weighted by Crippen LogP contribution is 2.36. The lowest BCUT2D eigenvalue weighted by Crippen LogP contribution is -2.46. The molecule has 188 valence electrons. The minimum absolute atomic E-state index is 0. The summed E-state index contributed by atoms with van der Waals surface area (Å²) in [5.41, 5.74) is 4.68. The van der Waals surface area contributed by atoms with Crippen LogP contribution in [0.25, 0.3) is 11.1 Å². The van der Waals surface area contributed by atoms with Crippen molar-refractivity contribution in [1.82, 2.24) is 10.2 Å². The van der Waals surface area contributed by atoms with Gasteiger partial charge < -0.3 is 10.2 Å². The Morgan fingerprint density at radius 2 is 1.56 bits per heavy atom. The summed E-state index contributed by atoms with van der Waals surface area (Å²) in [6.07, 6.45) is 1.91. The number of unbranched alkanes of at least 4 members (excludes halogenated alkanes) is 1. The SMILES string of the molecule is Cl.O=C(NCCCCN1CCN(c2cccc(Cl)c2Cl)CC1)c1ccc2c(c1)C(=O)c1ccccc1-2. The Morgan fingerprint density at radius 1 is 0.833 bits per heavy atom. The van der Waals surface area contributed by atoms with Crippen molar-refractivity contribution in [3.05, 3.63) is 87.4 Å². The van der Waals surface area contributed by atoms with E-state index in [1.807, 2.05) is 48.5 Å². The Bertz CT molecular complexity index is 1270. The van der Waals surface area contributed by atoms with Crippen LogP contribution in [0.5, 0.6) is 0 Å². The fraction of sp³-hybridized carbons (Fsp3) is 0.286. The highest BCUT2D eigenvalue weighted by atomic mass is 35.5. The van der Waals surface area contributed by atoms with E-state index < -0.39 is 0 Å². The van der Waals surface area contributed by atoms with Crippen LogP contribution in [0.1, 0.15) is 39.1 Å². The first-order valence-corrected chi connectivity index (χ1v) is 12.8. The van der Waals surface area contributed by atoms with Crippen molar-refractivity contribution in [2.45, 2.75) is 12.8 Å². The van der Waals surface area contributed by atoms with Gasteiger partial charge in [-0.25, -0.2) is 0 Å². The highest BCUT2D eigenvalue weighted by Gasteiger charge is 2.27. The molecule has 1 fully saturated rings. The third-order valence-electron chi connectivity index (χ3n) is 6.82. The van der Waals surface area contributed by atoms with E-state index in [2.05, 4.69) is 15.1 Å². The molecular weight excluding hydrogens is 517 g/mol. The second-order valence-corrected chi connectivity index (χ2v) is 9.78. The van der Waals surface area contributed by atoms with Gasteiger partial charge in [-0.2, -0.15) is 0 Å². The van der Waals surface area contributed by atoms with E-state index in [4.69, 9.17) is 23.2 Å². The van der Waals surface area contributed by atoms with Gasteiger partial charge in [0.25, 0.3) is 5.91 Å². The van der Waals surface area contributed by atoms with Crippen molar-refractivity contribution in [3.8, 4) is 11.1 Å². The van der Waals surface area contributed by atoms with Crippen LogP contribution in [0.15, 0.2) is 60.7 Å². The third kappa shape index (κ3) is 5.40. The van der Waals surface area contributed by atoms with Crippen LogP contribution in [0.3, 0.4) is 0 Å². The predicted octanol–water partition coefficient (Wildman–Crippen LogP) is 5.96. The van der Waals surface area contributed by atoms with Gasteiger partial charge in [-0.05, 0) is 54.8 Å². The summed E-state index contributed by atoms with van der Waals surface area (Å²) in [7, 11) is 0. The molecule has 1 amide bonds. The molecule has 0 saturated carbocycles. The number of piperazine rings is 1. The summed E-state index contributed by atoms with van der Waals surface area (Å²) in [6, 6.07) is 18.7. The number of rotatable bonds is 7. The monoisotopic (exact) mass is 543 g/mol. The molecule has 5 rings (SSSR count). The van der Waals surface area contributed by atoms with Crippen molar-refractivity contribution in [2.75, 3.05) is 44.2 Å². The smallest absolute Gasteiger partial charge is 0.251 e. The number of amides is 1. The Balaban J connectivity index is 0.00000304. The number of hydrogen-bond donors (Lipinski definition) is 1. The number of fused-ring (bicyclic) bond motifs is 3. The number of halogens is 3. The number of hydrogen-bond acceptors (Lipinski definition) is 4. The van der Waals surface area contributed by atoms with Crippen molar-refractivity contribution in [2.24, 2.45) is 0 Å². The summed E-state index contributed by atoms with van der Waals surface area (Å²) >= 11 is 12.5. The van der Waals surface area contributed by atoms with Gasteiger partial charge in [0.1, 0.15) is 0 Å². The molecule has 0 aromatic heterocycles. The standard InChI is InChI=1S/C28H27Cl2N3O2.ClH/c29-24-8-5-9-25(26(24)30)33-16-14-32(15-17-33)13-4-3-12-31-28(35)19-10-11-21-20-6-1-2-7-22(20)27(34)23(21)18-19;/h1-2,5-11,18H,3-4,12-17H2,(H,31,35);1H. The minimum Gasteiger partial charge on any atom is -0.368 e. The predicted molar refractivity (Wildman–Crippen MR) is 149 cm³/mol. The number of carbonyl (C=O) groups is 2. The molecule has 3 aromatic rings. The van der Waals surface area contributed by atoms with Gasteiger partial charge in [0.2, 0.25) is 0 Å². The van der Waals surface area contributed by atoms with E-state index in [-0.39, 0.29) is 24.1 Å². The molecule has 8 heteroatoms. The third-order valence-corrected chi connectivity index (χ3v) is 7.63. The van der Waals surface area contributed by atoms with Gasteiger partial charge in [-0.15, -0.1) is 12.4 Å².